The molecule has 5 heteroatoms. The van der Waals surface area contributed by atoms with E-state index >= 15 is 0 Å². The van der Waals surface area contributed by atoms with Crippen molar-refractivity contribution in [3.8, 4) is 0 Å². The molecule has 1 saturated heterocycles. The number of benzene rings is 1. The Morgan fingerprint density at radius 3 is 2.63 bits per heavy atom. The first-order chi connectivity index (χ1) is 9.15. The Bertz CT molecular complexity index is 476. The summed E-state index contributed by atoms with van der Waals surface area (Å²) in [5.74, 6) is 0.314. The normalized spacial score (nSPS) is 29.3. The van der Waals surface area contributed by atoms with Gasteiger partial charge in [-0.2, -0.15) is 0 Å². The topological polar surface area (TPSA) is 41.1 Å². The summed E-state index contributed by atoms with van der Waals surface area (Å²) in [7, 11) is 0. The molecule has 1 amide bonds. The highest BCUT2D eigenvalue weighted by Crippen LogP contribution is 2.34. The molecule has 1 aromatic carbocycles. The summed E-state index contributed by atoms with van der Waals surface area (Å²) < 4.78 is 13.7. The lowest BCUT2D eigenvalue weighted by Gasteiger charge is -2.14. The van der Waals surface area contributed by atoms with Gasteiger partial charge in [0.25, 0.3) is 5.91 Å². The van der Waals surface area contributed by atoms with Crippen molar-refractivity contribution in [2.75, 3.05) is 13.1 Å². The number of rotatable bonds is 2. The van der Waals surface area contributed by atoms with Gasteiger partial charge < -0.3 is 10.6 Å². The molecule has 2 fully saturated rings. The minimum absolute atomic E-state index is 0.0423. The summed E-state index contributed by atoms with van der Waals surface area (Å²) >= 11 is 5.89. The smallest absolute Gasteiger partial charge is 0.255 e. The molecular weight excluding hydrogens is 267 g/mol. The number of fused-ring (bicyclic) bond motifs is 1. The van der Waals surface area contributed by atoms with Gasteiger partial charge in [0.2, 0.25) is 0 Å². The van der Waals surface area contributed by atoms with Gasteiger partial charge in [0.1, 0.15) is 5.82 Å². The number of hydrogen-bond donors (Lipinski definition) is 2. The van der Waals surface area contributed by atoms with E-state index in [2.05, 4.69) is 10.6 Å². The van der Waals surface area contributed by atoms with Gasteiger partial charge in [0, 0.05) is 6.04 Å². The van der Waals surface area contributed by atoms with E-state index in [0.717, 1.165) is 25.9 Å². The second-order valence-electron chi connectivity index (χ2n) is 5.42. The van der Waals surface area contributed by atoms with Crippen LogP contribution in [-0.2, 0) is 0 Å². The molecular formula is C14H16ClFN2O. The van der Waals surface area contributed by atoms with Crippen LogP contribution in [0.3, 0.4) is 0 Å². The van der Waals surface area contributed by atoms with Gasteiger partial charge in [0.05, 0.1) is 10.6 Å². The van der Waals surface area contributed by atoms with Crippen molar-refractivity contribution in [1.82, 2.24) is 10.6 Å². The molecule has 1 heterocycles. The summed E-state index contributed by atoms with van der Waals surface area (Å²) in [6, 6.07) is 4.43. The summed E-state index contributed by atoms with van der Waals surface area (Å²) in [5.41, 5.74) is -0.0423. The third-order valence-electron chi connectivity index (χ3n) is 4.18. The van der Waals surface area contributed by atoms with Crippen LogP contribution in [0, 0.1) is 17.7 Å². The van der Waals surface area contributed by atoms with Crippen LogP contribution in [0.4, 0.5) is 4.39 Å². The maximum atomic E-state index is 13.7. The van der Waals surface area contributed by atoms with Crippen molar-refractivity contribution < 1.29 is 9.18 Å². The Morgan fingerprint density at radius 1 is 1.32 bits per heavy atom. The molecule has 2 aliphatic rings. The molecule has 3 nitrogen and oxygen atoms in total. The van der Waals surface area contributed by atoms with Crippen LogP contribution in [0.15, 0.2) is 18.2 Å². The molecule has 0 aromatic heterocycles. The monoisotopic (exact) mass is 282 g/mol. The number of carbonyl (C=O) groups is 1. The molecule has 2 unspecified atom stereocenters. The van der Waals surface area contributed by atoms with Crippen LogP contribution in [0.25, 0.3) is 0 Å². The Kier molecular flexibility index (Phi) is 3.46. The first kappa shape index (κ1) is 12.9. The average Bonchev–Trinajstić information content (AvgIpc) is 2.89. The number of amides is 1. The van der Waals surface area contributed by atoms with Crippen molar-refractivity contribution in [3.63, 3.8) is 0 Å². The lowest BCUT2D eigenvalue weighted by Crippen LogP contribution is -2.34. The van der Waals surface area contributed by atoms with Gasteiger partial charge in [-0.1, -0.05) is 17.7 Å². The van der Waals surface area contributed by atoms with Gasteiger partial charge >= 0.3 is 0 Å². The molecule has 1 aromatic rings. The van der Waals surface area contributed by atoms with E-state index in [4.69, 9.17) is 11.6 Å². The highest BCUT2D eigenvalue weighted by Gasteiger charge is 2.38. The predicted octanol–water partition coefficient (Wildman–Crippen LogP) is 2.21. The molecule has 0 spiro atoms. The summed E-state index contributed by atoms with van der Waals surface area (Å²) in [6.07, 6.45) is 1.94. The predicted molar refractivity (Wildman–Crippen MR) is 71.7 cm³/mol. The van der Waals surface area contributed by atoms with Crippen LogP contribution in [0.1, 0.15) is 23.2 Å². The van der Waals surface area contributed by atoms with E-state index in [1.54, 1.807) is 0 Å². The highest BCUT2D eigenvalue weighted by atomic mass is 35.5. The van der Waals surface area contributed by atoms with Gasteiger partial charge in [0.15, 0.2) is 0 Å². The molecule has 1 aliphatic heterocycles. The molecule has 0 radical (unpaired) electrons. The Hall–Kier alpha value is -1.13. The quantitative estimate of drug-likeness (QED) is 0.873. The van der Waals surface area contributed by atoms with Gasteiger partial charge in [-0.25, -0.2) is 4.39 Å². The Morgan fingerprint density at radius 2 is 2.00 bits per heavy atom. The molecule has 2 atom stereocenters. The van der Waals surface area contributed by atoms with Crippen molar-refractivity contribution in [1.29, 1.82) is 0 Å². The van der Waals surface area contributed by atoms with Crippen LogP contribution >= 0.6 is 11.6 Å². The Balaban J connectivity index is 1.69. The fourth-order valence-corrected chi connectivity index (χ4v) is 3.51. The number of nitrogens with one attached hydrogen (secondary N) is 2. The van der Waals surface area contributed by atoms with E-state index < -0.39 is 11.7 Å². The number of hydrogen-bond acceptors (Lipinski definition) is 2. The summed E-state index contributed by atoms with van der Waals surface area (Å²) in [5, 5.41) is 6.43. The maximum Gasteiger partial charge on any atom is 0.255 e. The van der Waals surface area contributed by atoms with E-state index in [-0.39, 0.29) is 16.6 Å². The zero-order valence-electron chi connectivity index (χ0n) is 10.5. The highest BCUT2D eigenvalue weighted by molar-refractivity contribution is 6.33. The molecule has 102 valence electrons. The first-order valence-corrected chi connectivity index (χ1v) is 6.98. The molecule has 1 saturated carbocycles. The SMILES string of the molecule is O=C(NC1CC2CNCC2C1)c1c(F)cccc1Cl. The van der Waals surface area contributed by atoms with Gasteiger partial charge in [-0.15, -0.1) is 0 Å². The second-order valence-corrected chi connectivity index (χ2v) is 5.82. The minimum Gasteiger partial charge on any atom is -0.349 e. The fourth-order valence-electron chi connectivity index (χ4n) is 3.26. The number of carbonyl (C=O) groups excluding carboxylic acids is 1. The van der Waals surface area contributed by atoms with E-state index in [0.29, 0.717) is 11.8 Å². The molecule has 2 N–H and O–H groups in total. The van der Waals surface area contributed by atoms with Crippen LogP contribution < -0.4 is 10.6 Å². The second kappa shape index (κ2) is 5.10. The molecule has 3 rings (SSSR count). The molecule has 0 bridgehead atoms. The average molecular weight is 283 g/mol. The third-order valence-corrected chi connectivity index (χ3v) is 4.49. The molecule has 1 aliphatic carbocycles. The van der Waals surface area contributed by atoms with E-state index in [1.165, 1.54) is 18.2 Å². The van der Waals surface area contributed by atoms with Crippen LogP contribution in [0.5, 0.6) is 0 Å². The van der Waals surface area contributed by atoms with Crippen LogP contribution in [-0.4, -0.2) is 25.0 Å². The first-order valence-electron chi connectivity index (χ1n) is 6.60. The van der Waals surface area contributed by atoms with Crippen molar-refractivity contribution in [2.45, 2.75) is 18.9 Å². The zero-order valence-corrected chi connectivity index (χ0v) is 11.2. The van der Waals surface area contributed by atoms with Crippen molar-refractivity contribution >= 4 is 17.5 Å². The lowest BCUT2D eigenvalue weighted by atomic mass is 10.0. The lowest BCUT2D eigenvalue weighted by molar-refractivity contribution is 0.0932. The number of halogens is 2. The van der Waals surface area contributed by atoms with Crippen molar-refractivity contribution in [2.24, 2.45) is 11.8 Å². The third kappa shape index (κ3) is 2.47. The van der Waals surface area contributed by atoms with Gasteiger partial charge in [-0.05, 0) is 49.9 Å². The van der Waals surface area contributed by atoms with E-state index in [9.17, 15) is 9.18 Å². The minimum atomic E-state index is -0.565. The van der Waals surface area contributed by atoms with Crippen molar-refractivity contribution in [3.05, 3.63) is 34.6 Å². The molecule has 19 heavy (non-hydrogen) atoms. The maximum absolute atomic E-state index is 13.7. The zero-order chi connectivity index (χ0) is 13.4. The van der Waals surface area contributed by atoms with Gasteiger partial charge in [-0.3, -0.25) is 4.79 Å². The van der Waals surface area contributed by atoms with Crippen LogP contribution in [0.2, 0.25) is 5.02 Å². The van der Waals surface area contributed by atoms with E-state index in [1.807, 2.05) is 0 Å². The summed E-state index contributed by atoms with van der Waals surface area (Å²) in [6.45, 7) is 2.05. The standard InChI is InChI=1S/C14H16ClFN2O/c15-11-2-1-3-12(16)13(11)14(19)18-10-4-8-6-17-7-9(8)5-10/h1-3,8-10,17H,4-7H2,(H,18,19). The Labute approximate surface area is 116 Å². The fraction of sp³-hybridized carbons (Fsp3) is 0.500. The largest absolute Gasteiger partial charge is 0.349 e. The summed E-state index contributed by atoms with van der Waals surface area (Å²) in [4.78, 5) is 12.1.